The Morgan fingerprint density at radius 1 is 1.16 bits per heavy atom. The first-order chi connectivity index (χ1) is 12.0. The van der Waals surface area contributed by atoms with E-state index in [2.05, 4.69) is 48.1 Å². The third kappa shape index (κ3) is 3.58. The summed E-state index contributed by atoms with van der Waals surface area (Å²) in [7, 11) is 0. The van der Waals surface area contributed by atoms with E-state index in [1.165, 1.54) is 6.26 Å². The van der Waals surface area contributed by atoms with E-state index in [9.17, 15) is 4.79 Å². The van der Waals surface area contributed by atoms with Crippen LogP contribution in [0.5, 0.6) is 0 Å². The fraction of sp³-hybridized carbons (Fsp3) is 0.647. The molecule has 1 unspecified atom stereocenters. The van der Waals surface area contributed by atoms with Gasteiger partial charge in [0, 0.05) is 26.2 Å². The Labute approximate surface area is 147 Å². The molecule has 0 spiro atoms. The molecule has 136 valence electrons. The number of furan rings is 1. The van der Waals surface area contributed by atoms with Crippen LogP contribution in [-0.2, 0) is 0 Å². The number of nitrogens with zero attached hydrogens (tertiary/aromatic N) is 6. The van der Waals surface area contributed by atoms with Crippen molar-refractivity contribution in [2.45, 2.75) is 39.8 Å². The van der Waals surface area contributed by atoms with E-state index in [4.69, 9.17) is 4.42 Å². The molecule has 1 aliphatic rings. The maximum absolute atomic E-state index is 12.4. The zero-order valence-electron chi connectivity index (χ0n) is 15.3. The topological polar surface area (TPSA) is 80.3 Å². The normalized spacial score (nSPS) is 17.4. The van der Waals surface area contributed by atoms with Gasteiger partial charge in [-0.25, -0.2) is 4.68 Å². The predicted molar refractivity (Wildman–Crippen MR) is 92.0 cm³/mol. The molecule has 8 heteroatoms. The molecule has 25 heavy (non-hydrogen) atoms. The molecule has 1 aliphatic heterocycles. The van der Waals surface area contributed by atoms with Gasteiger partial charge >= 0.3 is 0 Å². The lowest BCUT2D eigenvalue weighted by Crippen LogP contribution is -2.50. The van der Waals surface area contributed by atoms with Gasteiger partial charge in [-0.1, -0.05) is 13.8 Å². The van der Waals surface area contributed by atoms with E-state index in [-0.39, 0.29) is 18.0 Å². The molecule has 0 aliphatic carbocycles. The summed E-state index contributed by atoms with van der Waals surface area (Å²) in [6.45, 7) is 11.5. The van der Waals surface area contributed by atoms with Gasteiger partial charge in [-0.3, -0.25) is 9.69 Å². The SMILES string of the molecule is CC(C)C(c1nnnn1C(C)C)N1CCN(C(=O)c2ccco2)CC1. The van der Waals surface area contributed by atoms with Crippen LogP contribution in [0, 0.1) is 5.92 Å². The number of hydrogen-bond donors (Lipinski definition) is 0. The first-order valence-corrected chi connectivity index (χ1v) is 8.83. The lowest BCUT2D eigenvalue weighted by atomic mass is 10.0. The molecule has 1 saturated heterocycles. The second-order valence-corrected chi connectivity index (χ2v) is 7.07. The maximum Gasteiger partial charge on any atom is 0.289 e. The highest BCUT2D eigenvalue weighted by molar-refractivity contribution is 5.91. The minimum Gasteiger partial charge on any atom is -0.459 e. The molecule has 1 atom stereocenters. The number of carbonyl (C=O) groups is 1. The van der Waals surface area contributed by atoms with Gasteiger partial charge in [0.2, 0.25) is 0 Å². The highest BCUT2D eigenvalue weighted by Gasteiger charge is 2.33. The molecule has 2 aromatic heterocycles. The molecule has 3 heterocycles. The number of hydrogen-bond acceptors (Lipinski definition) is 6. The summed E-state index contributed by atoms with van der Waals surface area (Å²) in [6, 6.07) is 3.80. The third-order valence-corrected chi connectivity index (χ3v) is 4.63. The van der Waals surface area contributed by atoms with Gasteiger partial charge in [0.25, 0.3) is 5.91 Å². The monoisotopic (exact) mass is 346 g/mol. The van der Waals surface area contributed by atoms with Crippen LogP contribution in [0.2, 0.25) is 0 Å². The van der Waals surface area contributed by atoms with Crippen LogP contribution in [-0.4, -0.2) is 62.1 Å². The molecule has 0 saturated carbocycles. The van der Waals surface area contributed by atoms with Crippen LogP contribution in [0.1, 0.15) is 56.2 Å². The summed E-state index contributed by atoms with van der Waals surface area (Å²) < 4.78 is 7.12. The molecule has 0 bridgehead atoms. The van der Waals surface area contributed by atoms with Crippen molar-refractivity contribution >= 4 is 5.91 Å². The Morgan fingerprint density at radius 3 is 2.44 bits per heavy atom. The molecule has 0 radical (unpaired) electrons. The van der Waals surface area contributed by atoms with Crippen molar-refractivity contribution < 1.29 is 9.21 Å². The fourth-order valence-corrected chi connectivity index (χ4v) is 3.41. The molecular weight excluding hydrogens is 320 g/mol. The molecule has 1 fully saturated rings. The summed E-state index contributed by atoms with van der Waals surface area (Å²) in [5.41, 5.74) is 0. The maximum atomic E-state index is 12.4. The predicted octanol–water partition coefficient (Wildman–Crippen LogP) is 2.00. The first kappa shape index (κ1) is 17.6. The van der Waals surface area contributed by atoms with E-state index >= 15 is 0 Å². The summed E-state index contributed by atoms with van der Waals surface area (Å²) in [5, 5.41) is 12.3. The Bertz CT molecular complexity index is 686. The molecule has 8 nitrogen and oxygen atoms in total. The molecular formula is C17H26N6O2. The Hall–Kier alpha value is -2.22. The highest BCUT2D eigenvalue weighted by atomic mass is 16.3. The number of amides is 1. The van der Waals surface area contributed by atoms with Crippen molar-refractivity contribution in [1.82, 2.24) is 30.0 Å². The van der Waals surface area contributed by atoms with Crippen molar-refractivity contribution in [3.8, 4) is 0 Å². The van der Waals surface area contributed by atoms with E-state index in [1.54, 1.807) is 12.1 Å². The van der Waals surface area contributed by atoms with E-state index in [0.717, 1.165) is 18.9 Å². The van der Waals surface area contributed by atoms with Gasteiger partial charge in [-0.05, 0) is 42.3 Å². The Balaban J connectivity index is 1.71. The second kappa shape index (κ2) is 7.35. The number of aromatic nitrogens is 4. The highest BCUT2D eigenvalue weighted by Crippen LogP contribution is 2.29. The van der Waals surface area contributed by atoms with Crippen molar-refractivity contribution in [3.63, 3.8) is 0 Å². The minimum atomic E-state index is -0.0437. The quantitative estimate of drug-likeness (QED) is 0.824. The number of tetrazole rings is 1. The van der Waals surface area contributed by atoms with Gasteiger partial charge in [0.1, 0.15) is 0 Å². The van der Waals surface area contributed by atoms with Crippen LogP contribution >= 0.6 is 0 Å². The number of rotatable bonds is 5. The third-order valence-electron chi connectivity index (χ3n) is 4.63. The summed E-state index contributed by atoms with van der Waals surface area (Å²) >= 11 is 0. The second-order valence-electron chi connectivity index (χ2n) is 7.07. The smallest absolute Gasteiger partial charge is 0.289 e. The lowest BCUT2D eigenvalue weighted by Gasteiger charge is -2.40. The van der Waals surface area contributed by atoms with Crippen LogP contribution in [0.3, 0.4) is 0 Å². The van der Waals surface area contributed by atoms with Crippen LogP contribution in [0.4, 0.5) is 0 Å². The average molecular weight is 346 g/mol. The van der Waals surface area contributed by atoms with Gasteiger partial charge in [0.15, 0.2) is 11.6 Å². The molecule has 0 aromatic carbocycles. The summed E-state index contributed by atoms with van der Waals surface area (Å²) in [4.78, 5) is 16.6. The van der Waals surface area contributed by atoms with Crippen LogP contribution in [0.15, 0.2) is 22.8 Å². The zero-order valence-corrected chi connectivity index (χ0v) is 15.3. The van der Waals surface area contributed by atoms with E-state index in [1.807, 2.05) is 9.58 Å². The Morgan fingerprint density at radius 2 is 1.88 bits per heavy atom. The first-order valence-electron chi connectivity index (χ1n) is 8.83. The standard InChI is InChI=1S/C17H26N6O2/c1-12(2)15(16-18-19-20-23(16)13(3)4)21-7-9-22(10-8-21)17(24)14-6-5-11-25-14/h5-6,11-13,15H,7-10H2,1-4H3. The number of piperazine rings is 1. The largest absolute Gasteiger partial charge is 0.459 e. The molecule has 0 N–H and O–H groups in total. The van der Waals surface area contributed by atoms with Gasteiger partial charge in [0.05, 0.1) is 18.3 Å². The van der Waals surface area contributed by atoms with Crippen molar-refractivity contribution in [1.29, 1.82) is 0 Å². The van der Waals surface area contributed by atoms with E-state index in [0.29, 0.717) is 24.8 Å². The Kier molecular flexibility index (Phi) is 5.17. The molecule has 1 amide bonds. The zero-order chi connectivity index (χ0) is 18.0. The summed E-state index contributed by atoms with van der Waals surface area (Å²) in [5.74, 6) is 1.63. The number of carbonyl (C=O) groups excluding carboxylic acids is 1. The van der Waals surface area contributed by atoms with Crippen molar-refractivity contribution in [2.75, 3.05) is 26.2 Å². The van der Waals surface area contributed by atoms with E-state index < -0.39 is 0 Å². The fourth-order valence-electron chi connectivity index (χ4n) is 3.41. The van der Waals surface area contributed by atoms with Crippen LogP contribution < -0.4 is 0 Å². The van der Waals surface area contributed by atoms with Gasteiger partial charge in [-0.15, -0.1) is 5.10 Å². The van der Waals surface area contributed by atoms with Gasteiger partial charge in [-0.2, -0.15) is 0 Å². The average Bonchev–Trinajstić information content (AvgIpc) is 3.26. The van der Waals surface area contributed by atoms with Crippen molar-refractivity contribution in [3.05, 3.63) is 30.0 Å². The molecule has 3 rings (SSSR count). The van der Waals surface area contributed by atoms with Crippen molar-refractivity contribution in [2.24, 2.45) is 5.92 Å². The summed E-state index contributed by atoms with van der Waals surface area (Å²) in [6.07, 6.45) is 1.53. The minimum absolute atomic E-state index is 0.0437. The lowest BCUT2D eigenvalue weighted by molar-refractivity contribution is 0.0462. The molecule has 2 aromatic rings. The van der Waals surface area contributed by atoms with Crippen LogP contribution in [0.25, 0.3) is 0 Å². The van der Waals surface area contributed by atoms with Gasteiger partial charge < -0.3 is 9.32 Å².